The molecule has 4 aromatic rings. The number of thiophene rings is 1. The van der Waals surface area contributed by atoms with E-state index >= 15 is 0 Å². The number of piperidine rings is 2. The summed E-state index contributed by atoms with van der Waals surface area (Å²) in [7, 11) is 4.87. The van der Waals surface area contributed by atoms with Crippen molar-refractivity contribution in [3.05, 3.63) is 70.0 Å². The number of amides is 3. The van der Waals surface area contributed by atoms with Gasteiger partial charge in [0.2, 0.25) is 5.91 Å². The van der Waals surface area contributed by atoms with Crippen LogP contribution >= 0.6 is 11.3 Å². The van der Waals surface area contributed by atoms with Crippen LogP contribution in [0.15, 0.2) is 59.5 Å². The van der Waals surface area contributed by atoms with Crippen LogP contribution < -0.4 is 35.3 Å². The van der Waals surface area contributed by atoms with Crippen LogP contribution in [-0.4, -0.2) is 61.7 Å². The van der Waals surface area contributed by atoms with E-state index in [4.69, 9.17) is 14.2 Å². The number of nitrogens with zero attached hydrogens (tertiary/aromatic N) is 2. The standard InChI is InChI=1S/C33H34N4O7S/c1-36-18-26(19-13-23(42-2)16-24(14-19)43-3)30-25(33(36)41)17-28(45-30)32(40)34-20-9-11-37(12-10-20)21-5-4-6-22(15-21)44-27-7-8-29(38)35-31(27)39/h4-6,13-18,20,27H,7-12H2,1-3H3,(H,34,40)(H,35,38,39). The highest BCUT2D eigenvalue weighted by Crippen LogP contribution is 2.37. The van der Waals surface area contributed by atoms with Gasteiger partial charge in [-0.3, -0.25) is 24.5 Å². The van der Waals surface area contributed by atoms with Gasteiger partial charge in [-0.2, -0.15) is 0 Å². The summed E-state index contributed by atoms with van der Waals surface area (Å²) >= 11 is 1.30. The second-order valence-electron chi connectivity index (χ2n) is 11.2. The van der Waals surface area contributed by atoms with Crippen molar-refractivity contribution in [1.82, 2.24) is 15.2 Å². The number of hydrogen-bond acceptors (Lipinski definition) is 9. The number of ether oxygens (including phenoxy) is 3. The molecule has 3 amide bonds. The number of anilines is 1. The van der Waals surface area contributed by atoms with Gasteiger partial charge in [-0.25, -0.2) is 0 Å². The van der Waals surface area contributed by atoms with Crippen molar-refractivity contribution in [3.8, 4) is 28.4 Å². The number of aromatic nitrogens is 1. The summed E-state index contributed by atoms with van der Waals surface area (Å²) in [6.07, 6.45) is 3.18. The normalized spacial score (nSPS) is 17.2. The van der Waals surface area contributed by atoms with Crippen molar-refractivity contribution in [2.24, 2.45) is 7.05 Å². The predicted octanol–water partition coefficient (Wildman–Crippen LogP) is 3.87. The first-order valence-corrected chi connectivity index (χ1v) is 15.6. The highest BCUT2D eigenvalue weighted by molar-refractivity contribution is 7.21. The lowest BCUT2D eigenvalue weighted by Gasteiger charge is -2.34. The van der Waals surface area contributed by atoms with Crippen LogP contribution in [0.5, 0.6) is 17.2 Å². The second kappa shape index (κ2) is 12.6. The Morgan fingerprint density at radius 1 is 0.956 bits per heavy atom. The van der Waals surface area contributed by atoms with Gasteiger partial charge in [0.15, 0.2) is 6.10 Å². The maximum absolute atomic E-state index is 13.4. The van der Waals surface area contributed by atoms with Gasteiger partial charge >= 0.3 is 0 Å². The zero-order valence-corrected chi connectivity index (χ0v) is 26.1. The molecule has 11 nitrogen and oxygen atoms in total. The third-order valence-corrected chi connectivity index (χ3v) is 9.38. The molecule has 234 valence electrons. The van der Waals surface area contributed by atoms with E-state index in [1.54, 1.807) is 45.7 Å². The molecule has 2 fully saturated rings. The first-order chi connectivity index (χ1) is 21.7. The topological polar surface area (TPSA) is 128 Å². The number of hydrogen-bond donors (Lipinski definition) is 2. The van der Waals surface area contributed by atoms with Crippen LogP contribution in [0.2, 0.25) is 0 Å². The van der Waals surface area contributed by atoms with E-state index in [1.165, 1.54) is 15.9 Å². The molecule has 1 atom stereocenters. The first-order valence-electron chi connectivity index (χ1n) is 14.7. The number of rotatable bonds is 8. The molecule has 2 N–H and O–H groups in total. The monoisotopic (exact) mass is 630 g/mol. The van der Waals surface area contributed by atoms with Crippen LogP contribution in [0.4, 0.5) is 5.69 Å². The van der Waals surface area contributed by atoms with E-state index in [2.05, 4.69) is 15.5 Å². The Balaban J connectivity index is 1.13. The van der Waals surface area contributed by atoms with Crippen molar-refractivity contribution in [3.63, 3.8) is 0 Å². The molecule has 12 heteroatoms. The van der Waals surface area contributed by atoms with Crippen molar-refractivity contribution in [1.29, 1.82) is 0 Å². The summed E-state index contributed by atoms with van der Waals surface area (Å²) in [5.41, 5.74) is 2.42. The Kier molecular flexibility index (Phi) is 8.48. The van der Waals surface area contributed by atoms with Gasteiger partial charge < -0.3 is 29.0 Å². The highest BCUT2D eigenvalue weighted by Gasteiger charge is 2.29. The fourth-order valence-corrected chi connectivity index (χ4v) is 6.86. The van der Waals surface area contributed by atoms with Gasteiger partial charge in [0.05, 0.1) is 24.5 Å². The molecule has 0 aliphatic carbocycles. The average Bonchev–Trinajstić information content (AvgIpc) is 3.50. The van der Waals surface area contributed by atoms with E-state index in [0.717, 1.165) is 47.4 Å². The number of fused-ring (bicyclic) bond motifs is 1. The molecule has 2 aromatic heterocycles. The molecule has 45 heavy (non-hydrogen) atoms. The van der Waals surface area contributed by atoms with E-state index in [0.29, 0.717) is 33.9 Å². The summed E-state index contributed by atoms with van der Waals surface area (Å²) in [6, 6.07) is 14.8. The summed E-state index contributed by atoms with van der Waals surface area (Å²) in [4.78, 5) is 52.7. The number of carbonyl (C=O) groups is 3. The molecule has 2 aliphatic rings. The lowest BCUT2D eigenvalue weighted by atomic mass is 10.0. The van der Waals surface area contributed by atoms with Gasteiger partial charge in [-0.1, -0.05) is 6.07 Å². The van der Waals surface area contributed by atoms with Crippen molar-refractivity contribution in [2.75, 3.05) is 32.2 Å². The lowest BCUT2D eigenvalue weighted by molar-refractivity contribution is -0.138. The first kappa shape index (κ1) is 30.2. The third-order valence-electron chi connectivity index (χ3n) is 8.22. The van der Waals surface area contributed by atoms with Gasteiger partial charge in [0, 0.05) is 73.3 Å². The molecule has 0 spiro atoms. The number of pyridine rings is 1. The quantitative estimate of drug-likeness (QED) is 0.281. The Morgan fingerprint density at radius 2 is 1.69 bits per heavy atom. The van der Waals surface area contributed by atoms with Crippen molar-refractivity contribution in [2.45, 2.75) is 37.8 Å². The molecule has 0 bridgehead atoms. The molecule has 4 heterocycles. The summed E-state index contributed by atoms with van der Waals surface area (Å²) in [5.74, 6) is 0.926. The largest absolute Gasteiger partial charge is 0.497 e. The second-order valence-corrected chi connectivity index (χ2v) is 12.3. The zero-order chi connectivity index (χ0) is 31.7. The molecular formula is C33H34N4O7S. The predicted molar refractivity (Wildman–Crippen MR) is 172 cm³/mol. The van der Waals surface area contributed by atoms with E-state index in [-0.39, 0.29) is 29.8 Å². The van der Waals surface area contributed by atoms with E-state index < -0.39 is 12.0 Å². The average molecular weight is 631 g/mol. The van der Waals surface area contributed by atoms with Crippen LogP contribution in [0.3, 0.4) is 0 Å². The molecular weight excluding hydrogens is 596 g/mol. The number of aryl methyl sites for hydroxylation is 1. The van der Waals surface area contributed by atoms with E-state index in [1.807, 2.05) is 30.3 Å². The summed E-state index contributed by atoms with van der Waals surface area (Å²) < 4.78 is 19.0. The maximum atomic E-state index is 13.4. The maximum Gasteiger partial charge on any atom is 0.267 e. The Hall–Kier alpha value is -4.84. The molecule has 2 aromatic carbocycles. The van der Waals surface area contributed by atoms with Crippen LogP contribution in [0.25, 0.3) is 21.2 Å². The SMILES string of the molecule is COc1cc(OC)cc(-c2cn(C)c(=O)c3cc(C(=O)NC4CCN(c5cccc(OC6CCC(=O)NC6=O)c5)CC4)sc23)c1. The fourth-order valence-electron chi connectivity index (χ4n) is 5.77. The molecule has 0 saturated carbocycles. The Labute approximate surface area is 263 Å². The van der Waals surface area contributed by atoms with Crippen molar-refractivity contribution >= 4 is 44.8 Å². The van der Waals surface area contributed by atoms with Gasteiger partial charge in [-0.15, -0.1) is 11.3 Å². The van der Waals surface area contributed by atoms with Gasteiger partial charge in [-0.05, 0) is 48.7 Å². The minimum absolute atomic E-state index is 0.0215. The number of methoxy groups -OCH3 is 2. The Morgan fingerprint density at radius 3 is 2.38 bits per heavy atom. The Bertz CT molecular complexity index is 1820. The minimum atomic E-state index is -0.692. The molecule has 2 saturated heterocycles. The molecule has 6 rings (SSSR count). The highest BCUT2D eigenvalue weighted by atomic mass is 32.1. The number of imide groups is 1. The number of carbonyl (C=O) groups excluding carboxylic acids is 3. The summed E-state index contributed by atoms with van der Waals surface area (Å²) in [6.45, 7) is 1.45. The number of nitrogens with one attached hydrogen (secondary N) is 2. The van der Waals surface area contributed by atoms with E-state index in [9.17, 15) is 19.2 Å². The van der Waals surface area contributed by atoms with Crippen LogP contribution in [0.1, 0.15) is 35.4 Å². The zero-order valence-electron chi connectivity index (χ0n) is 25.3. The summed E-state index contributed by atoms with van der Waals surface area (Å²) in [5, 5.41) is 5.98. The molecule has 0 radical (unpaired) electrons. The fraction of sp³-hybridized carbons (Fsp3) is 0.333. The molecule has 2 aliphatic heterocycles. The smallest absolute Gasteiger partial charge is 0.267 e. The third kappa shape index (κ3) is 6.37. The van der Waals surface area contributed by atoms with Gasteiger partial charge in [0.1, 0.15) is 17.2 Å². The van der Waals surface area contributed by atoms with Crippen molar-refractivity contribution < 1.29 is 28.6 Å². The lowest BCUT2D eigenvalue weighted by Crippen LogP contribution is -2.46. The molecule has 1 unspecified atom stereocenters. The van der Waals surface area contributed by atoms with Crippen LogP contribution in [-0.2, 0) is 16.6 Å². The minimum Gasteiger partial charge on any atom is -0.497 e. The van der Waals surface area contributed by atoms with Crippen LogP contribution in [0, 0.1) is 0 Å². The number of benzene rings is 2. The van der Waals surface area contributed by atoms with Gasteiger partial charge in [0.25, 0.3) is 17.4 Å².